The first-order valence-electron chi connectivity index (χ1n) is 10.5. The van der Waals surface area contributed by atoms with Gasteiger partial charge < -0.3 is 4.74 Å². The van der Waals surface area contributed by atoms with Crippen molar-refractivity contribution in [1.29, 1.82) is 0 Å². The first kappa shape index (κ1) is 19.6. The Kier molecular flexibility index (Phi) is 6.90. The number of rotatable bonds is 8. The molecule has 3 aromatic rings. The van der Waals surface area contributed by atoms with E-state index in [9.17, 15) is 0 Å². The van der Waals surface area contributed by atoms with Gasteiger partial charge in [0.2, 0.25) is 0 Å². The molecule has 0 bridgehead atoms. The van der Waals surface area contributed by atoms with Gasteiger partial charge >= 0.3 is 0 Å². The van der Waals surface area contributed by atoms with Crippen molar-refractivity contribution in [3.8, 4) is 0 Å². The zero-order chi connectivity index (χ0) is 19.7. The first-order chi connectivity index (χ1) is 14.4. The van der Waals surface area contributed by atoms with E-state index in [0.717, 1.165) is 25.9 Å². The van der Waals surface area contributed by atoms with Crippen molar-refractivity contribution in [1.82, 2.24) is 4.90 Å². The van der Waals surface area contributed by atoms with Gasteiger partial charge in [-0.15, -0.1) is 0 Å². The highest BCUT2D eigenvalue weighted by atomic mass is 16.5. The van der Waals surface area contributed by atoms with Crippen molar-refractivity contribution in [3.63, 3.8) is 0 Å². The van der Waals surface area contributed by atoms with Gasteiger partial charge in [-0.05, 0) is 29.5 Å². The Labute approximate surface area is 174 Å². The Bertz CT molecular complexity index is 835. The molecule has 0 unspecified atom stereocenters. The van der Waals surface area contributed by atoms with E-state index in [1.165, 1.54) is 16.7 Å². The van der Waals surface area contributed by atoms with Crippen LogP contribution in [0.4, 0.5) is 0 Å². The van der Waals surface area contributed by atoms with Crippen molar-refractivity contribution in [2.45, 2.75) is 44.7 Å². The molecule has 1 aliphatic rings. The summed E-state index contributed by atoms with van der Waals surface area (Å²) in [7, 11) is 0. The normalized spacial score (nSPS) is 18.8. The summed E-state index contributed by atoms with van der Waals surface area (Å²) in [5.74, 6) is 0. The summed E-state index contributed by atoms with van der Waals surface area (Å²) in [6, 6.07) is 32.4. The maximum Gasteiger partial charge on any atom is 0.0761 e. The Hall–Kier alpha value is -2.68. The maximum atomic E-state index is 6.13. The Morgan fingerprint density at radius 1 is 0.621 bits per heavy atom. The minimum atomic E-state index is 0.210. The van der Waals surface area contributed by atoms with Gasteiger partial charge in [0.15, 0.2) is 0 Å². The van der Waals surface area contributed by atoms with Gasteiger partial charge in [-0.1, -0.05) is 103 Å². The van der Waals surface area contributed by atoms with Crippen molar-refractivity contribution in [2.24, 2.45) is 0 Å². The van der Waals surface area contributed by atoms with E-state index in [1.807, 2.05) is 6.07 Å². The molecule has 2 heteroatoms. The molecule has 0 aromatic heterocycles. The molecule has 0 amide bonds. The Morgan fingerprint density at radius 3 is 1.62 bits per heavy atom. The Morgan fingerprint density at radius 2 is 1.14 bits per heavy atom. The molecule has 29 heavy (non-hydrogen) atoms. The van der Waals surface area contributed by atoms with E-state index < -0.39 is 0 Å². The van der Waals surface area contributed by atoms with E-state index in [2.05, 4.69) is 102 Å². The number of ether oxygens (including phenoxy) is 1. The molecule has 1 aliphatic carbocycles. The van der Waals surface area contributed by atoms with Crippen LogP contribution in [0, 0.1) is 0 Å². The van der Waals surface area contributed by atoms with Crippen LogP contribution in [-0.2, 0) is 24.4 Å². The molecule has 0 saturated carbocycles. The predicted octanol–water partition coefficient (Wildman–Crippen LogP) is 5.99. The third-order valence-electron chi connectivity index (χ3n) is 5.53. The molecule has 3 aromatic carbocycles. The molecule has 0 N–H and O–H groups in total. The Balaban J connectivity index is 1.40. The number of hydrogen-bond donors (Lipinski definition) is 0. The van der Waals surface area contributed by atoms with Gasteiger partial charge in [0.25, 0.3) is 0 Å². The van der Waals surface area contributed by atoms with E-state index in [1.54, 1.807) is 0 Å². The molecule has 0 fully saturated rings. The van der Waals surface area contributed by atoms with Gasteiger partial charge in [-0.3, -0.25) is 4.90 Å². The van der Waals surface area contributed by atoms with Crippen LogP contribution >= 0.6 is 0 Å². The third-order valence-corrected chi connectivity index (χ3v) is 5.53. The topological polar surface area (TPSA) is 12.5 Å². The largest absolute Gasteiger partial charge is 0.369 e. The van der Waals surface area contributed by atoms with Crippen LogP contribution in [0.25, 0.3) is 0 Å². The van der Waals surface area contributed by atoms with E-state index in [0.29, 0.717) is 12.6 Å². The van der Waals surface area contributed by atoms with Crippen molar-refractivity contribution in [2.75, 3.05) is 0 Å². The SMILES string of the molecule is C1=C[C@H](N(Cc2ccccc2)Cc2ccccc2)CC[C@@H]1OCc1ccccc1. The lowest BCUT2D eigenvalue weighted by Crippen LogP contribution is -2.36. The summed E-state index contributed by atoms with van der Waals surface area (Å²) in [5, 5.41) is 0. The summed E-state index contributed by atoms with van der Waals surface area (Å²) in [4.78, 5) is 2.58. The fraction of sp³-hybridized carbons (Fsp3) is 0.259. The zero-order valence-corrected chi connectivity index (χ0v) is 16.9. The molecule has 0 heterocycles. The average Bonchev–Trinajstić information content (AvgIpc) is 2.80. The molecule has 0 radical (unpaired) electrons. The van der Waals surface area contributed by atoms with Gasteiger partial charge in [-0.2, -0.15) is 0 Å². The van der Waals surface area contributed by atoms with Crippen LogP contribution in [0.1, 0.15) is 29.5 Å². The minimum absolute atomic E-state index is 0.210. The van der Waals surface area contributed by atoms with Crippen LogP contribution in [0.5, 0.6) is 0 Å². The fourth-order valence-electron chi connectivity index (χ4n) is 3.93. The quantitative estimate of drug-likeness (QED) is 0.443. The predicted molar refractivity (Wildman–Crippen MR) is 119 cm³/mol. The summed E-state index contributed by atoms with van der Waals surface area (Å²) >= 11 is 0. The molecule has 0 saturated heterocycles. The lowest BCUT2D eigenvalue weighted by molar-refractivity contribution is 0.0524. The van der Waals surface area contributed by atoms with E-state index >= 15 is 0 Å². The van der Waals surface area contributed by atoms with Crippen LogP contribution < -0.4 is 0 Å². The average molecular weight is 384 g/mol. The van der Waals surface area contributed by atoms with Crippen LogP contribution in [-0.4, -0.2) is 17.0 Å². The second kappa shape index (κ2) is 10.2. The number of hydrogen-bond acceptors (Lipinski definition) is 2. The molecular formula is C27H29NO. The summed E-state index contributed by atoms with van der Waals surface area (Å²) < 4.78 is 6.13. The van der Waals surface area contributed by atoms with E-state index in [-0.39, 0.29) is 6.10 Å². The van der Waals surface area contributed by atoms with Gasteiger partial charge in [0, 0.05) is 19.1 Å². The van der Waals surface area contributed by atoms with Crippen molar-refractivity contribution in [3.05, 3.63) is 120 Å². The fourth-order valence-corrected chi connectivity index (χ4v) is 3.93. The summed E-state index contributed by atoms with van der Waals surface area (Å²) in [6.45, 7) is 2.60. The first-order valence-corrected chi connectivity index (χ1v) is 10.5. The highest BCUT2D eigenvalue weighted by Gasteiger charge is 2.22. The van der Waals surface area contributed by atoms with Gasteiger partial charge in [-0.25, -0.2) is 0 Å². The van der Waals surface area contributed by atoms with Crippen molar-refractivity contribution < 1.29 is 4.74 Å². The third kappa shape index (κ3) is 5.90. The number of nitrogens with zero attached hydrogens (tertiary/aromatic N) is 1. The van der Waals surface area contributed by atoms with Crippen LogP contribution in [0.15, 0.2) is 103 Å². The van der Waals surface area contributed by atoms with Crippen LogP contribution in [0.2, 0.25) is 0 Å². The van der Waals surface area contributed by atoms with Crippen molar-refractivity contribution >= 4 is 0 Å². The van der Waals surface area contributed by atoms with E-state index in [4.69, 9.17) is 4.74 Å². The highest BCUT2D eigenvalue weighted by molar-refractivity contribution is 5.19. The van der Waals surface area contributed by atoms with Crippen LogP contribution in [0.3, 0.4) is 0 Å². The second-order valence-electron chi connectivity index (χ2n) is 7.74. The molecular weight excluding hydrogens is 354 g/mol. The number of benzene rings is 3. The lowest BCUT2D eigenvalue weighted by Gasteiger charge is -2.33. The van der Waals surface area contributed by atoms with Gasteiger partial charge in [0.05, 0.1) is 12.7 Å². The standard InChI is InChI=1S/C27H29NO/c1-4-10-23(11-5-1)20-28(21-24-12-6-2-7-13-24)26-16-18-27(19-17-26)29-22-25-14-8-3-9-15-25/h1-16,18,26-27H,17,19-22H2/t26-,27+/m0/s1. The lowest BCUT2D eigenvalue weighted by atomic mass is 9.97. The summed E-state index contributed by atoms with van der Waals surface area (Å²) in [6.07, 6.45) is 7.01. The second-order valence-corrected chi connectivity index (χ2v) is 7.74. The highest BCUT2D eigenvalue weighted by Crippen LogP contribution is 2.23. The molecule has 0 aliphatic heterocycles. The molecule has 148 valence electrons. The summed E-state index contributed by atoms with van der Waals surface area (Å²) in [5.41, 5.74) is 3.95. The molecule has 4 rings (SSSR count). The molecule has 2 atom stereocenters. The molecule has 0 spiro atoms. The minimum Gasteiger partial charge on any atom is -0.369 e. The molecule has 2 nitrogen and oxygen atoms in total. The zero-order valence-electron chi connectivity index (χ0n) is 16.9. The van der Waals surface area contributed by atoms with Gasteiger partial charge in [0.1, 0.15) is 0 Å². The smallest absolute Gasteiger partial charge is 0.0761 e. The monoisotopic (exact) mass is 383 g/mol. The maximum absolute atomic E-state index is 6.13.